The number of carbonyl (C=O) groups excluding carboxylic acids is 1. The largest absolute Gasteiger partial charge is 0.492 e. The molecule has 1 amide bonds. The average molecular weight is 337 g/mol. The van der Waals surface area contributed by atoms with Gasteiger partial charge in [0.1, 0.15) is 12.4 Å². The topological polar surface area (TPSA) is 77.2 Å². The number of aryl methyl sites for hydroxylation is 2. The normalized spacial score (nSPS) is 10.5. The molecule has 0 spiro atoms. The molecule has 0 aliphatic carbocycles. The molecule has 0 atom stereocenters. The van der Waals surface area contributed by atoms with Crippen molar-refractivity contribution in [3.05, 3.63) is 65.5 Å². The third kappa shape index (κ3) is 4.44. The van der Waals surface area contributed by atoms with Crippen LogP contribution in [0.2, 0.25) is 0 Å². The summed E-state index contributed by atoms with van der Waals surface area (Å²) in [5.74, 6) is 1.66. The predicted molar refractivity (Wildman–Crippen MR) is 93.5 cm³/mol. The van der Waals surface area contributed by atoms with Crippen LogP contribution < -0.4 is 10.1 Å². The molecule has 0 aliphatic rings. The van der Waals surface area contributed by atoms with Crippen molar-refractivity contribution in [2.45, 2.75) is 13.8 Å². The lowest BCUT2D eigenvalue weighted by atomic mass is 10.1. The maximum absolute atomic E-state index is 12.1. The zero-order valence-corrected chi connectivity index (χ0v) is 14.2. The van der Waals surface area contributed by atoms with Gasteiger partial charge in [0, 0.05) is 11.1 Å². The van der Waals surface area contributed by atoms with Gasteiger partial charge in [-0.2, -0.15) is 4.98 Å². The van der Waals surface area contributed by atoms with E-state index in [-0.39, 0.29) is 5.91 Å². The molecular weight excluding hydrogens is 318 g/mol. The van der Waals surface area contributed by atoms with Crippen molar-refractivity contribution >= 4 is 5.91 Å². The lowest BCUT2D eigenvalue weighted by Gasteiger charge is -2.08. The van der Waals surface area contributed by atoms with Gasteiger partial charge in [-0.25, -0.2) is 0 Å². The van der Waals surface area contributed by atoms with Crippen molar-refractivity contribution in [2.24, 2.45) is 0 Å². The highest BCUT2D eigenvalue weighted by Crippen LogP contribution is 2.17. The van der Waals surface area contributed by atoms with Gasteiger partial charge in [-0.1, -0.05) is 17.3 Å². The van der Waals surface area contributed by atoms with E-state index in [1.165, 1.54) is 0 Å². The molecule has 25 heavy (non-hydrogen) atoms. The van der Waals surface area contributed by atoms with Crippen molar-refractivity contribution in [2.75, 3.05) is 13.2 Å². The second-order valence-corrected chi connectivity index (χ2v) is 5.64. The molecular formula is C19H19N3O3. The summed E-state index contributed by atoms with van der Waals surface area (Å²) in [5.41, 5.74) is 2.48. The molecule has 0 unspecified atom stereocenters. The molecule has 1 aromatic heterocycles. The number of rotatable bonds is 6. The Kier molecular flexibility index (Phi) is 5.09. The quantitative estimate of drug-likeness (QED) is 0.699. The van der Waals surface area contributed by atoms with Gasteiger partial charge >= 0.3 is 0 Å². The van der Waals surface area contributed by atoms with E-state index in [1.807, 2.05) is 31.2 Å². The molecule has 0 radical (unpaired) electrons. The zero-order valence-electron chi connectivity index (χ0n) is 14.2. The van der Waals surface area contributed by atoms with Gasteiger partial charge in [-0.3, -0.25) is 4.79 Å². The van der Waals surface area contributed by atoms with Gasteiger partial charge < -0.3 is 14.6 Å². The number of hydrogen-bond donors (Lipinski definition) is 1. The summed E-state index contributed by atoms with van der Waals surface area (Å²) in [6.45, 7) is 4.60. The van der Waals surface area contributed by atoms with E-state index in [2.05, 4.69) is 15.5 Å². The summed E-state index contributed by atoms with van der Waals surface area (Å²) in [5, 5.41) is 6.58. The van der Waals surface area contributed by atoms with Crippen LogP contribution >= 0.6 is 0 Å². The minimum atomic E-state index is -0.152. The lowest BCUT2D eigenvalue weighted by molar-refractivity contribution is 0.0947. The predicted octanol–water partition coefficient (Wildman–Crippen LogP) is 3.16. The van der Waals surface area contributed by atoms with E-state index in [0.29, 0.717) is 30.4 Å². The van der Waals surface area contributed by atoms with Gasteiger partial charge in [0.25, 0.3) is 11.8 Å². The zero-order chi connectivity index (χ0) is 17.6. The second-order valence-electron chi connectivity index (χ2n) is 5.64. The third-order valence-electron chi connectivity index (χ3n) is 3.57. The van der Waals surface area contributed by atoms with Gasteiger partial charge in [0.2, 0.25) is 0 Å². The van der Waals surface area contributed by atoms with Crippen LogP contribution in [0, 0.1) is 13.8 Å². The summed E-state index contributed by atoms with van der Waals surface area (Å²) in [6, 6.07) is 14.8. The molecule has 0 fully saturated rings. The first-order valence-electron chi connectivity index (χ1n) is 8.00. The summed E-state index contributed by atoms with van der Waals surface area (Å²) in [6.07, 6.45) is 0. The molecule has 6 heteroatoms. The highest BCUT2D eigenvalue weighted by atomic mass is 16.5. The molecule has 2 aromatic carbocycles. The van der Waals surface area contributed by atoms with Gasteiger partial charge in [0.15, 0.2) is 5.82 Å². The van der Waals surface area contributed by atoms with E-state index < -0.39 is 0 Å². The number of nitrogens with one attached hydrogen (secondary N) is 1. The highest BCUT2D eigenvalue weighted by Gasteiger charge is 2.09. The Labute approximate surface area is 145 Å². The van der Waals surface area contributed by atoms with Crippen molar-refractivity contribution < 1.29 is 14.1 Å². The summed E-state index contributed by atoms with van der Waals surface area (Å²) >= 11 is 0. The molecule has 3 rings (SSSR count). The van der Waals surface area contributed by atoms with Crippen molar-refractivity contribution in [3.8, 4) is 17.2 Å². The molecule has 128 valence electrons. The number of hydrogen-bond acceptors (Lipinski definition) is 5. The number of amides is 1. The summed E-state index contributed by atoms with van der Waals surface area (Å²) in [7, 11) is 0. The third-order valence-corrected chi connectivity index (χ3v) is 3.57. The number of carbonyl (C=O) groups is 1. The van der Waals surface area contributed by atoms with Crippen LogP contribution in [0.3, 0.4) is 0 Å². The van der Waals surface area contributed by atoms with Crippen molar-refractivity contribution in [1.29, 1.82) is 0 Å². The van der Waals surface area contributed by atoms with Gasteiger partial charge in [0.05, 0.1) is 6.54 Å². The first-order valence-corrected chi connectivity index (χ1v) is 8.00. The van der Waals surface area contributed by atoms with Gasteiger partial charge in [-0.05, 0) is 55.8 Å². The van der Waals surface area contributed by atoms with Crippen LogP contribution in [0.25, 0.3) is 11.5 Å². The maximum Gasteiger partial charge on any atom is 0.257 e. The fraction of sp³-hybridized carbons (Fsp3) is 0.211. The van der Waals surface area contributed by atoms with E-state index in [1.54, 1.807) is 31.2 Å². The maximum atomic E-state index is 12.1. The number of nitrogens with zero attached hydrogens (tertiary/aromatic N) is 2. The fourth-order valence-electron chi connectivity index (χ4n) is 2.32. The molecule has 0 saturated heterocycles. The minimum Gasteiger partial charge on any atom is -0.492 e. The molecule has 3 aromatic rings. The SMILES string of the molecule is Cc1cccc(OCCNC(=O)c2ccc(-c3nc(C)no3)cc2)c1. The number of ether oxygens (including phenoxy) is 1. The molecule has 6 nitrogen and oxygen atoms in total. The number of benzene rings is 2. The first-order chi connectivity index (χ1) is 12.1. The Morgan fingerprint density at radius 2 is 1.96 bits per heavy atom. The monoisotopic (exact) mass is 337 g/mol. The Morgan fingerprint density at radius 3 is 2.64 bits per heavy atom. The second kappa shape index (κ2) is 7.61. The average Bonchev–Trinajstić information content (AvgIpc) is 3.05. The lowest BCUT2D eigenvalue weighted by Crippen LogP contribution is -2.28. The van der Waals surface area contributed by atoms with Crippen LogP contribution in [-0.2, 0) is 0 Å². The summed E-state index contributed by atoms with van der Waals surface area (Å²) < 4.78 is 10.7. The first kappa shape index (κ1) is 16.7. The molecule has 0 aliphatic heterocycles. The Bertz CT molecular complexity index is 856. The van der Waals surface area contributed by atoms with E-state index in [4.69, 9.17) is 9.26 Å². The fourth-order valence-corrected chi connectivity index (χ4v) is 2.32. The van der Waals surface area contributed by atoms with E-state index in [0.717, 1.165) is 16.9 Å². The Morgan fingerprint density at radius 1 is 1.16 bits per heavy atom. The number of aromatic nitrogens is 2. The standard InChI is InChI=1S/C19H19N3O3/c1-13-4-3-5-17(12-13)24-11-10-20-18(23)15-6-8-16(9-7-15)19-21-14(2)22-25-19/h3-9,12H,10-11H2,1-2H3,(H,20,23). The molecule has 1 heterocycles. The van der Waals surface area contributed by atoms with Gasteiger partial charge in [-0.15, -0.1) is 0 Å². The smallest absolute Gasteiger partial charge is 0.257 e. The Balaban J connectivity index is 1.49. The van der Waals surface area contributed by atoms with Crippen LogP contribution in [0.4, 0.5) is 0 Å². The highest BCUT2D eigenvalue weighted by molar-refractivity contribution is 5.94. The van der Waals surface area contributed by atoms with E-state index >= 15 is 0 Å². The summed E-state index contributed by atoms with van der Waals surface area (Å²) in [4.78, 5) is 16.3. The van der Waals surface area contributed by atoms with Crippen LogP contribution in [-0.4, -0.2) is 29.2 Å². The van der Waals surface area contributed by atoms with E-state index in [9.17, 15) is 4.79 Å². The van der Waals surface area contributed by atoms with Crippen LogP contribution in [0.5, 0.6) is 5.75 Å². The molecule has 1 N–H and O–H groups in total. The van der Waals surface area contributed by atoms with Crippen molar-refractivity contribution in [3.63, 3.8) is 0 Å². The van der Waals surface area contributed by atoms with Crippen LogP contribution in [0.1, 0.15) is 21.7 Å². The van der Waals surface area contributed by atoms with Crippen LogP contribution in [0.15, 0.2) is 53.1 Å². The molecule has 0 bridgehead atoms. The minimum absolute atomic E-state index is 0.152. The van der Waals surface area contributed by atoms with Crippen molar-refractivity contribution in [1.82, 2.24) is 15.5 Å². The Hall–Kier alpha value is -3.15. The molecule has 0 saturated carbocycles.